The normalized spacial score (nSPS) is 18.3. The van der Waals surface area contributed by atoms with E-state index in [4.69, 9.17) is 21.1 Å². The van der Waals surface area contributed by atoms with Gasteiger partial charge in [-0.15, -0.1) is 0 Å². The van der Waals surface area contributed by atoms with Crippen molar-refractivity contribution in [2.24, 2.45) is 0 Å². The van der Waals surface area contributed by atoms with Crippen LogP contribution in [0.25, 0.3) is 5.76 Å². The number of carbonyl (C=O) groups is 2. The van der Waals surface area contributed by atoms with Crippen LogP contribution in [0.15, 0.2) is 48.3 Å². The molecular formula is C21H21ClN2O5. The van der Waals surface area contributed by atoms with Gasteiger partial charge in [0.25, 0.3) is 11.7 Å². The Morgan fingerprint density at radius 2 is 2.10 bits per heavy atom. The first-order valence-electron chi connectivity index (χ1n) is 9.09. The molecule has 0 bridgehead atoms. The van der Waals surface area contributed by atoms with Crippen LogP contribution < -0.4 is 4.74 Å². The Morgan fingerprint density at radius 1 is 1.31 bits per heavy atom. The molecule has 152 valence electrons. The number of aliphatic hydroxyl groups is 1. The van der Waals surface area contributed by atoms with Crippen molar-refractivity contribution in [1.82, 2.24) is 9.88 Å². The fourth-order valence-electron chi connectivity index (χ4n) is 3.26. The SMILES string of the molecule is CCOc1cc(/C(O)=C2/C(=O)C(=O)N(CCOC)C2c2cccnc2)ccc1Cl. The first-order chi connectivity index (χ1) is 14.0. The van der Waals surface area contributed by atoms with Crippen molar-refractivity contribution in [3.63, 3.8) is 0 Å². The number of rotatable bonds is 7. The van der Waals surface area contributed by atoms with E-state index in [0.29, 0.717) is 28.5 Å². The molecular weight excluding hydrogens is 396 g/mol. The van der Waals surface area contributed by atoms with Gasteiger partial charge < -0.3 is 19.5 Å². The molecule has 0 aliphatic carbocycles. The average Bonchev–Trinajstić information content (AvgIpc) is 2.98. The van der Waals surface area contributed by atoms with Crippen LogP contribution in [0.2, 0.25) is 5.02 Å². The van der Waals surface area contributed by atoms with Crippen LogP contribution >= 0.6 is 11.6 Å². The molecule has 1 N–H and O–H groups in total. The van der Waals surface area contributed by atoms with E-state index in [1.165, 1.54) is 12.0 Å². The van der Waals surface area contributed by atoms with Crippen molar-refractivity contribution in [2.75, 3.05) is 26.9 Å². The molecule has 0 saturated carbocycles. The molecule has 1 aromatic carbocycles. The number of amides is 1. The third-order valence-electron chi connectivity index (χ3n) is 4.58. The predicted octanol–water partition coefficient (Wildman–Crippen LogP) is 3.20. The zero-order valence-corrected chi connectivity index (χ0v) is 16.8. The van der Waals surface area contributed by atoms with Gasteiger partial charge in [0, 0.05) is 31.6 Å². The maximum atomic E-state index is 12.8. The van der Waals surface area contributed by atoms with Gasteiger partial charge in [-0.25, -0.2) is 0 Å². The summed E-state index contributed by atoms with van der Waals surface area (Å²) in [5.74, 6) is -1.38. The fourth-order valence-corrected chi connectivity index (χ4v) is 3.43. The van der Waals surface area contributed by atoms with Crippen LogP contribution in [0.5, 0.6) is 5.75 Å². The number of likely N-dealkylation sites (tertiary alicyclic amines) is 1. The Hall–Kier alpha value is -2.90. The van der Waals surface area contributed by atoms with E-state index in [9.17, 15) is 14.7 Å². The first-order valence-corrected chi connectivity index (χ1v) is 9.47. The van der Waals surface area contributed by atoms with Crippen LogP contribution in [0.3, 0.4) is 0 Å². The molecule has 1 amide bonds. The van der Waals surface area contributed by atoms with Crippen molar-refractivity contribution < 1.29 is 24.2 Å². The number of halogens is 1. The number of benzene rings is 1. The van der Waals surface area contributed by atoms with Crippen molar-refractivity contribution in [1.29, 1.82) is 0 Å². The summed E-state index contributed by atoms with van der Waals surface area (Å²) < 4.78 is 10.5. The lowest BCUT2D eigenvalue weighted by Gasteiger charge is -2.24. The van der Waals surface area contributed by atoms with Crippen LogP contribution in [-0.4, -0.2) is 53.5 Å². The Bertz CT molecular complexity index is 945. The monoisotopic (exact) mass is 416 g/mol. The summed E-state index contributed by atoms with van der Waals surface area (Å²) in [6.45, 7) is 2.65. The predicted molar refractivity (Wildman–Crippen MR) is 108 cm³/mol. The molecule has 1 aliphatic rings. The number of ketones is 1. The average molecular weight is 417 g/mol. The lowest BCUT2D eigenvalue weighted by atomic mass is 9.96. The summed E-state index contributed by atoms with van der Waals surface area (Å²) in [7, 11) is 1.51. The molecule has 1 fully saturated rings. The molecule has 2 heterocycles. The zero-order valence-electron chi connectivity index (χ0n) is 16.1. The van der Waals surface area contributed by atoms with E-state index in [2.05, 4.69) is 4.98 Å². The van der Waals surface area contributed by atoms with Crippen LogP contribution in [0.4, 0.5) is 0 Å². The minimum absolute atomic E-state index is 0.0103. The largest absolute Gasteiger partial charge is 0.507 e. The third kappa shape index (κ3) is 4.11. The lowest BCUT2D eigenvalue weighted by Crippen LogP contribution is -2.32. The second kappa shape index (κ2) is 9.07. The quantitative estimate of drug-likeness (QED) is 0.423. The molecule has 1 unspecified atom stereocenters. The highest BCUT2D eigenvalue weighted by Gasteiger charge is 2.46. The van der Waals surface area contributed by atoms with E-state index >= 15 is 0 Å². The van der Waals surface area contributed by atoms with Gasteiger partial charge >= 0.3 is 0 Å². The van der Waals surface area contributed by atoms with Gasteiger partial charge in [-0.1, -0.05) is 17.7 Å². The zero-order chi connectivity index (χ0) is 21.0. The maximum absolute atomic E-state index is 12.8. The highest BCUT2D eigenvalue weighted by Crippen LogP contribution is 2.39. The molecule has 0 radical (unpaired) electrons. The summed E-state index contributed by atoms with van der Waals surface area (Å²) >= 11 is 6.12. The molecule has 3 rings (SSSR count). The summed E-state index contributed by atoms with van der Waals surface area (Å²) in [6, 6.07) is 7.38. The van der Waals surface area contributed by atoms with E-state index in [1.54, 1.807) is 42.7 Å². The second-order valence-electron chi connectivity index (χ2n) is 6.35. The van der Waals surface area contributed by atoms with Gasteiger partial charge in [0.1, 0.15) is 11.5 Å². The van der Waals surface area contributed by atoms with Crippen LogP contribution in [0, 0.1) is 0 Å². The fraction of sp³-hybridized carbons (Fsp3) is 0.286. The molecule has 2 aromatic rings. The molecule has 1 aliphatic heterocycles. The van der Waals surface area contributed by atoms with Gasteiger partial charge in [-0.3, -0.25) is 14.6 Å². The molecule has 1 atom stereocenters. The number of hydrogen-bond acceptors (Lipinski definition) is 6. The number of methoxy groups -OCH3 is 1. The number of aliphatic hydroxyl groups excluding tert-OH is 1. The molecule has 1 saturated heterocycles. The Labute approximate surface area is 173 Å². The number of carbonyl (C=O) groups excluding carboxylic acids is 2. The molecule has 7 nitrogen and oxygen atoms in total. The number of nitrogens with zero attached hydrogens (tertiary/aromatic N) is 2. The van der Waals surface area contributed by atoms with E-state index < -0.39 is 17.7 Å². The van der Waals surface area contributed by atoms with Gasteiger partial charge in [0.05, 0.1) is 29.9 Å². The number of hydrogen-bond donors (Lipinski definition) is 1. The number of pyridine rings is 1. The van der Waals surface area contributed by atoms with E-state index in [0.717, 1.165) is 0 Å². The topological polar surface area (TPSA) is 89.0 Å². The Balaban J connectivity index is 2.14. The minimum Gasteiger partial charge on any atom is -0.507 e. The van der Waals surface area contributed by atoms with Gasteiger partial charge in [0.2, 0.25) is 0 Å². The highest BCUT2D eigenvalue weighted by molar-refractivity contribution is 6.46. The van der Waals surface area contributed by atoms with Gasteiger partial charge in [-0.05, 0) is 36.8 Å². The smallest absolute Gasteiger partial charge is 0.295 e. The van der Waals surface area contributed by atoms with Gasteiger partial charge in [-0.2, -0.15) is 0 Å². The van der Waals surface area contributed by atoms with E-state index in [-0.39, 0.29) is 24.5 Å². The summed E-state index contributed by atoms with van der Waals surface area (Å²) in [5, 5.41) is 11.4. The van der Waals surface area contributed by atoms with Crippen molar-refractivity contribution >= 4 is 29.1 Å². The first kappa shape index (κ1) is 20.8. The third-order valence-corrected chi connectivity index (χ3v) is 4.89. The van der Waals surface area contributed by atoms with E-state index in [1.807, 2.05) is 6.92 Å². The molecule has 1 aromatic heterocycles. The van der Waals surface area contributed by atoms with Gasteiger partial charge in [0.15, 0.2) is 0 Å². The second-order valence-corrected chi connectivity index (χ2v) is 6.76. The summed E-state index contributed by atoms with van der Waals surface area (Å²) in [4.78, 5) is 31.0. The Kier molecular flexibility index (Phi) is 6.51. The van der Waals surface area contributed by atoms with Crippen LogP contribution in [0.1, 0.15) is 24.1 Å². The van der Waals surface area contributed by atoms with Crippen molar-refractivity contribution in [3.05, 3.63) is 64.4 Å². The number of aromatic nitrogens is 1. The molecule has 8 heteroatoms. The molecule has 29 heavy (non-hydrogen) atoms. The lowest BCUT2D eigenvalue weighted by molar-refractivity contribution is -0.140. The number of Topliss-reactive ketones (excluding diaryl/α,β-unsaturated/α-hetero) is 1. The maximum Gasteiger partial charge on any atom is 0.295 e. The molecule has 0 spiro atoms. The summed E-state index contributed by atoms with van der Waals surface area (Å²) in [6.07, 6.45) is 3.16. The minimum atomic E-state index is -0.773. The highest BCUT2D eigenvalue weighted by atomic mass is 35.5. The standard InChI is InChI=1S/C21H21ClN2O5/c1-3-29-16-11-13(6-7-15(16)22)19(25)17-18(14-5-4-8-23-12-14)24(9-10-28-2)21(27)20(17)26/h4-8,11-12,18,25H,3,9-10H2,1-2H3/b19-17-. The number of ether oxygens (including phenoxy) is 2. The Morgan fingerprint density at radius 3 is 2.76 bits per heavy atom. The van der Waals surface area contributed by atoms with Crippen LogP contribution in [-0.2, 0) is 14.3 Å². The summed E-state index contributed by atoms with van der Waals surface area (Å²) in [5.41, 5.74) is 0.934. The van der Waals surface area contributed by atoms with Crippen molar-refractivity contribution in [2.45, 2.75) is 13.0 Å². The van der Waals surface area contributed by atoms with Crippen molar-refractivity contribution in [3.8, 4) is 5.75 Å².